The van der Waals surface area contributed by atoms with Gasteiger partial charge in [0.2, 0.25) is 0 Å². The number of pyridine rings is 1. The topological polar surface area (TPSA) is 51.0 Å². The van der Waals surface area contributed by atoms with E-state index in [9.17, 15) is 4.79 Å². The number of likely N-dealkylation sites (tertiary alicyclic amines) is 1. The van der Waals surface area contributed by atoms with Crippen molar-refractivity contribution in [2.75, 3.05) is 13.1 Å². The van der Waals surface area contributed by atoms with Crippen LogP contribution in [-0.2, 0) is 0 Å². The first-order valence-corrected chi connectivity index (χ1v) is 7.60. The Morgan fingerprint density at radius 1 is 1.09 bits per heavy atom. The smallest absolute Gasteiger partial charge is 0.253 e. The molecule has 5 nitrogen and oxygen atoms in total. The standard InChI is InChI=1S/C18H16N4O/c23-18(21-12-16(13-21)15-5-2-7-19-11-15)14-4-1-6-17(10-14)22-9-3-8-20-22/h1-11,16H,12-13H2. The van der Waals surface area contributed by atoms with Crippen LogP contribution in [0, 0.1) is 0 Å². The van der Waals surface area contributed by atoms with Crippen LogP contribution in [0.25, 0.3) is 5.69 Å². The molecule has 0 unspecified atom stereocenters. The van der Waals surface area contributed by atoms with Gasteiger partial charge in [0.1, 0.15) is 0 Å². The van der Waals surface area contributed by atoms with Gasteiger partial charge in [0.15, 0.2) is 0 Å². The summed E-state index contributed by atoms with van der Waals surface area (Å²) in [6.45, 7) is 1.49. The Hall–Kier alpha value is -2.95. The van der Waals surface area contributed by atoms with E-state index >= 15 is 0 Å². The van der Waals surface area contributed by atoms with Crippen LogP contribution in [-0.4, -0.2) is 38.7 Å². The normalized spacial score (nSPS) is 14.5. The summed E-state index contributed by atoms with van der Waals surface area (Å²) in [5.41, 5.74) is 2.79. The van der Waals surface area contributed by atoms with Gasteiger partial charge in [-0.3, -0.25) is 9.78 Å². The second-order valence-corrected chi connectivity index (χ2v) is 5.69. The van der Waals surface area contributed by atoms with E-state index in [-0.39, 0.29) is 5.91 Å². The molecule has 0 aliphatic carbocycles. The molecule has 2 aromatic heterocycles. The van der Waals surface area contributed by atoms with Crippen molar-refractivity contribution in [3.05, 3.63) is 78.4 Å². The number of benzene rings is 1. The molecule has 114 valence electrons. The molecule has 5 heteroatoms. The highest BCUT2D eigenvalue weighted by molar-refractivity contribution is 5.95. The van der Waals surface area contributed by atoms with Crippen molar-refractivity contribution < 1.29 is 4.79 Å². The summed E-state index contributed by atoms with van der Waals surface area (Å²) >= 11 is 0. The van der Waals surface area contributed by atoms with Gasteiger partial charge in [-0.15, -0.1) is 0 Å². The number of rotatable bonds is 3. The summed E-state index contributed by atoms with van der Waals surface area (Å²) in [5.74, 6) is 0.459. The number of nitrogens with zero attached hydrogens (tertiary/aromatic N) is 4. The number of hydrogen-bond acceptors (Lipinski definition) is 3. The molecule has 0 atom stereocenters. The van der Waals surface area contributed by atoms with E-state index in [1.54, 1.807) is 17.1 Å². The van der Waals surface area contributed by atoms with Gasteiger partial charge in [0.05, 0.1) is 5.69 Å². The quantitative estimate of drug-likeness (QED) is 0.747. The Kier molecular flexibility index (Phi) is 3.38. The maximum atomic E-state index is 12.6. The Bertz CT molecular complexity index is 808. The lowest BCUT2D eigenvalue weighted by Crippen LogP contribution is -2.48. The second-order valence-electron chi connectivity index (χ2n) is 5.69. The number of carbonyl (C=O) groups excluding carboxylic acids is 1. The summed E-state index contributed by atoms with van der Waals surface area (Å²) < 4.78 is 1.76. The van der Waals surface area contributed by atoms with Gasteiger partial charge < -0.3 is 4.90 Å². The molecule has 3 aromatic rings. The van der Waals surface area contributed by atoms with Crippen LogP contribution in [0.2, 0.25) is 0 Å². The predicted molar refractivity (Wildman–Crippen MR) is 86.4 cm³/mol. The molecular formula is C18H16N4O. The number of hydrogen-bond donors (Lipinski definition) is 0. The third-order valence-corrected chi connectivity index (χ3v) is 4.19. The van der Waals surface area contributed by atoms with Crippen LogP contribution in [0.3, 0.4) is 0 Å². The minimum absolute atomic E-state index is 0.0687. The maximum Gasteiger partial charge on any atom is 0.253 e. The number of carbonyl (C=O) groups is 1. The van der Waals surface area contributed by atoms with Crippen LogP contribution in [0.5, 0.6) is 0 Å². The zero-order valence-corrected chi connectivity index (χ0v) is 12.5. The summed E-state index contributed by atoms with van der Waals surface area (Å²) in [4.78, 5) is 18.6. The summed E-state index contributed by atoms with van der Waals surface area (Å²) in [7, 11) is 0. The minimum atomic E-state index is 0.0687. The lowest BCUT2D eigenvalue weighted by Gasteiger charge is -2.39. The first-order chi connectivity index (χ1) is 11.3. The molecule has 4 rings (SSSR count). The average molecular weight is 304 g/mol. The van der Waals surface area contributed by atoms with Gasteiger partial charge in [0.25, 0.3) is 5.91 Å². The molecule has 0 spiro atoms. The lowest BCUT2D eigenvalue weighted by molar-refractivity contribution is 0.0602. The molecule has 3 heterocycles. The Labute approximate surface area is 134 Å². The van der Waals surface area contributed by atoms with E-state index in [1.807, 2.05) is 53.7 Å². The van der Waals surface area contributed by atoms with Crippen LogP contribution in [0.1, 0.15) is 21.8 Å². The molecule has 0 bridgehead atoms. The van der Waals surface area contributed by atoms with Crippen molar-refractivity contribution in [1.82, 2.24) is 19.7 Å². The first-order valence-electron chi connectivity index (χ1n) is 7.60. The fourth-order valence-corrected chi connectivity index (χ4v) is 2.86. The third-order valence-electron chi connectivity index (χ3n) is 4.19. The highest BCUT2D eigenvalue weighted by Crippen LogP contribution is 2.27. The van der Waals surface area contributed by atoms with E-state index in [1.165, 1.54) is 5.56 Å². The summed E-state index contributed by atoms with van der Waals surface area (Å²) in [6, 6.07) is 13.4. The molecule has 1 fully saturated rings. The molecule has 1 saturated heterocycles. The van der Waals surface area contributed by atoms with E-state index in [0.29, 0.717) is 11.5 Å². The first kappa shape index (κ1) is 13.7. The molecule has 0 radical (unpaired) electrons. The molecule has 0 saturated carbocycles. The van der Waals surface area contributed by atoms with Gasteiger partial charge in [-0.2, -0.15) is 5.10 Å². The fourth-order valence-electron chi connectivity index (χ4n) is 2.86. The molecule has 0 N–H and O–H groups in total. The third kappa shape index (κ3) is 2.61. The maximum absolute atomic E-state index is 12.6. The molecule has 1 aliphatic rings. The average Bonchev–Trinajstić information content (AvgIpc) is 3.09. The van der Waals surface area contributed by atoms with Crippen molar-refractivity contribution in [1.29, 1.82) is 0 Å². The van der Waals surface area contributed by atoms with Gasteiger partial charge in [-0.25, -0.2) is 4.68 Å². The van der Waals surface area contributed by atoms with Crippen molar-refractivity contribution in [3.8, 4) is 5.69 Å². The second kappa shape index (κ2) is 5.68. The van der Waals surface area contributed by atoms with E-state index in [0.717, 1.165) is 18.8 Å². The number of amides is 1. The van der Waals surface area contributed by atoms with Gasteiger partial charge >= 0.3 is 0 Å². The molecular weight excluding hydrogens is 288 g/mol. The van der Waals surface area contributed by atoms with Gasteiger partial charge in [-0.05, 0) is 35.9 Å². The van der Waals surface area contributed by atoms with E-state index < -0.39 is 0 Å². The Balaban J connectivity index is 1.48. The van der Waals surface area contributed by atoms with Crippen molar-refractivity contribution >= 4 is 5.91 Å². The molecule has 1 aromatic carbocycles. The van der Waals surface area contributed by atoms with Crippen molar-refractivity contribution in [2.45, 2.75) is 5.92 Å². The fraction of sp³-hybridized carbons (Fsp3) is 0.167. The van der Waals surface area contributed by atoms with Crippen LogP contribution < -0.4 is 0 Å². The predicted octanol–water partition coefficient (Wildman–Crippen LogP) is 2.51. The molecule has 1 amide bonds. The van der Waals surface area contributed by atoms with E-state index in [4.69, 9.17) is 0 Å². The van der Waals surface area contributed by atoms with Crippen LogP contribution in [0.4, 0.5) is 0 Å². The highest BCUT2D eigenvalue weighted by Gasteiger charge is 2.32. The largest absolute Gasteiger partial charge is 0.337 e. The summed E-state index contributed by atoms with van der Waals surface area (Å²) in [6.07, 6.45) is 7.24. The molecule has 23 heavy (non-hydrogen) atoms. The van der Waals surface area contributed by atoms with Crippen molar-refractivity contribution in [3.63, 3.8) is 0 Å². The minimum Gasteiger partial charge on any atom is -0.337 e. The molecule has 1 aliphatic heterocycles. The summed E-state index contributed by atoms with van der Waals surface area (Å²) in [5, 5.41) is 4.20. The van der Waals surface area contributed by atoms with Crippen LogP contribution >= 0.6 is 0 Å². The van der Waals surface area contributed by atoms with Gasteiger partial charge in [-0.1, -0.05) is 12.1 Å². The monoisotopic (exact) mass is 304 g/mol. The lowest BCUT2D eigenvalue weighted by atomic mass is 9.92. The SMILES string of the molecule is O=C(c1cccc(-n2cccn2)c1)N1CC(c2cccnc2)C1. The zero-order chi connectivity index (χ0) is 15.6. The zero-order valence-electron chi connectivity index (χ0n) is 12.5. The van der Waals surface area contributed by atoms with Gasteiger partial charge in [0, 0.05) is 49.4 Å². The van der Waals surface area contributed by atoms with E-state index in [2.05, 4.69) is 16.1 Å². The Morgan fingerprint density at radius 3 is 2.74 bits per heavy atom. The van der Waals surface area contributed by atoms with Crippen LogP contribution in [0.15, 0.2) is 67.3 Å². The van der Waals surface area contributed by atoms with Crippen molar-refractivity contribution in [2.24, 2.45) is 0 Å². The highest BCUT2D eigenvalue weighted by atomic mass is 16.2. The Morgan fingerprint density at radius 2 is 2.00 bits per heavy atom. The number of aromatic nitrogens is 3.